The molecule has 0 saturated carbocycles. The van der Waals surface area contributed by atoms with Crippen molar-refractivity contribution < 1.29 is 18.7 Å². The van der Waals surface area contributed by atoms with Crippen molar-refractivity contribution in [2.24, 2.45) is 0 Å². The van der Waals surface area contributed by atoms with Crippen molar-refractivity contribution in [1.82, 2.24) is 15.5 Å². The lowest BCUT2D eigenvalue weighted by Gasteiger charge is -2.16. The predicted octanol–water partition coefficient (Wildman–Crippen LogP) is 10.3. The average Bonchev–Trinajstić information content (AvgIpc) is 3.86. The summed E-state index contributed by atoms with van der Waals surface area (Å²) < 4.78 is 4.06. The Balaban J connectivity index is 0.00000264. The number of rotatable bonds is 18. The maximum absolute atomic E-state index is 13.0. The number of pyridine rings is 2. The van der Waals surface area contributed by atoms with E-state index in [2.05, 4.69) is 155 Å². The van der Waals surface area contributed by atoms with Crippen molar-refractivity contribution in [1.29, 1.82) is 0 Å². The Morgan fingerprint density at radius 1 is 0.692 bits per heavy atom. The second-order valence-electron chi connectivity index (χ2n) is 15.5. The number of nitrogens with one attached hydrogen (secondary N) is 3. The number of thioether (sulfide) groups is 2. The fourth-order valence-electron chi connectivity index (χ4n) is 7.78. The van der Waals surface area contributed by atoms with Crippen LogP contribution in [0.25, 0.3) is 34.0 Å². The number of amides is 1. The topological polar surface area (TPSA) is 84.5 Å². The van der Waals surface area contributed by atoms with Crippen LogP contribution in [0.2, 0.25) is 0 Å². The molecule has 0 fully saturated rings. The zero-order valence-electron chi connectivity index (χ0n) is 35.3. The molecular weight excluding hydrogens is 843 g/mol. The number of anilines is 2. The number of Topliss-reactive ketones (excluding diaryl/α,β-unsaturated/α-hetero) is 1. The van der Waals surface area contributed by atoms with E-state index in [-0.39, 0.29) is 40.5 Å². The lowest BCUT2D eigenvalue weighted by atomic mass is 10.1. The molecule has 2 aromatic heterocycles. The maximum Gasteiger partial charge on any atom is 0.286 e. The molecule has 11 heteroatoms. The van der Waals surface area contributed by atoms with Crippen LogP contribution in [0.1, 0.15) is 46.2 Å². The van der Waals surface area contributed by atoms with Crippen molar-refractivity contribution in [3.8, 4) is 0 Å². The molecule has 0 bridgehead atoms. The number of allylic oxidation sites excluding steroid dienone is 4. The molecule has 9 nitrogen and oxygen atoms in total. The molecule has 0 aliphatic carbocycles. The highest BCUT2D eigenvalue weighted by Crippen LogP contribution is 2.44. The summed E-state index contributed by atoms with van der Waals surface area (Å²) in [5, 5.41) is 14.4. The molecule has 0 atom stereocenters. The van der Waals surface area contributed by atoms with Crippen molar-refractivity contribution in [3.05, 3.63) is 167 Å². The highest BCUT2D eigenvalue weighted by atomic mass is 32.2. The van der Waals surface area contributed by atoms with Gasteiger partial charge in [-0.25, -0.2) is 0 Å². The minimum Gasteiger partial charge on any atom is -0.351 e. The Morgan fingerprint density at radius 2 is 1.28 bits per heavy atom. The molecule has 2 aliphatic heterocycles. The number of para-hydroxylation sites is 4. The lowest BCUT2D eigenvalue weighted by molar-refractivity contribution is -0.658. The molecule has 6 aromatic rings. The summed E-state index contributed by atoms with van der Waals surface area (Å²) >= 11 is 3.51. The smallest absolute Gasteiger partial charge is 0.286 e. The Kier molecular flexibility index (Phi) is 18.7. The molecule has 2 aliphatic rings. The number of aromatic nitrogens is 2. The summed E-state index contributed by atoms with van der Waals surface area (Å²) in [4.78, 5) is 33.0. The molecule has 0 saturated heterocycles. The summed E-state index contributed by atoms with van der Waals surface area (Å²) in [6.07, 6.45) is 18.5. The Morgan fingerprint density at radius 3 is 1.95 bits per heavy atom. The predicted molar refractivity (Wildman–Crippen MR) is 277 cm³/mol. The first-order valence-electron chi connectivity index (χ1n) is 21.2. The number of fused-ring (bicyclic) bond motifs is 4. The fourth-order valence-corrected chi connectivity index (χ4v) is 9.76. The van der Waals surface area contributed by atoms with Gasteiger partial charge in [-0.1, -0.05) is 119 Å². The highest BCUT2D eigenvalue weighted by Gasteiger charge is 2.21. The van der Waals surface area contributed by atoms with E-state index in [0.29, 0.717) is 19.6 Å². The highest BCUT2D eigenvalue weighted by molar-refractivity contribution is 8.04. The van der Waals surface area contributed by atoms with E-state index in [4.69, 9.17) is 0 Å². The summed E-state index contributed by atoms with van der Waals surface area (Å²) in [6.45, 7) is 4.07. The summed E-state index contributed by atoms with van der Waals surface area (Å²) in [5.74, 6) is 0.146. The third-order valence-corrected chi connectivity index (χ3v) is 13.2. The molecule has 4 aromatic carbocycles. The van der Waals surface area contributed by atoms with Crippen LogP contribution < -0.4 is 30.0 Å². The van der Waals surface area contributed by atoms with Gasteiger partial charge in [-0.15, -0.1) is 0 Å². The van der Waals surface area contributed by atoms with Gasteiger partial charge >= 0.3 is 0 Å². The van der Waals surface area contributed by atoms with Crippen molar-refractivity contribution in [2.45, 2.75) is 58.0 Å². The molecule has 338 valence electrons. The van der Waals surface area contributed by atoms with Crippen molar-refractivity contribution >= 4 is 80.5 Å². The zero-order valence-corrected chi connectivity index (χ0v) is 36.9. The third kappa shape index (κ3) is 12.9. The zero-order chi connectivity index (χ0) is 42.7. The number of nitrogens with zero attached hydrogens (tertiary/aromatic N) is 4. The molecule has 4 heterocycles. The minimum absolute atomic E-state index is 0. The van der Waals surface area contributed by atoms with Gasteiger partial charge in [0.25, 0.3) is 5.91 Å². The van der Waals surface area contributed by atoms with Gasteiger partial charge < -0.3 is 25.8 Å². The van der Waals surface area contributed by atoms with E-state index < -0.39 is 0 Å². The van der Waals surface area contributed by atoms with Crippen LogP contribution in [0.3, 0.4) is 0 Å². The fraction of sp³-hybridized carbons (Fsp3) is 0.259. The first-order chi connectivity index (χ1) is 30.4. The third-order valence-electron chi connectivity index (χ3n) is 11.0. The summed E-state index contributed by atoms with van der Waals surface area (Å²) in [6, 6.07) is 37.4. The van der Waals surface area contributed by atoms with Gasteiger partial charge in [-0.2, -0.15) is 9.13 Å². The van der Waals surface area contributed by atoms with Crippen LogP contribution >= 0.6 is 23.5 Å². The monoisotopic (exact) mass is 907 g/mol. The molecule has 65 heavy (non-hydrogen) atoms. The van der Waals surface area contributed by atoms with Gasteiger partial charge in [-0.3, -0.25) is 9.59 Å². The largest absolute Gasteiger partial charge is 0.351 e. The number of hydrogen-bond donors (Lipinski definition) is 3. The van der Waals surface area contributed by atoms with Crippen molar-refractivity contribution in [2.75, 3.05) is 57.0 Å². The molecule has 0 spiro atoms. The van der Waals surface area contributed by atoms with Gasteiger partial charge in [-0.05, 0) is 99.2 Å². The Labute approximate surface area is 395 Å². The van der Waals surface area contributed by atoms with E-state index in [1.807, 2.05) is 51.9 Å². The van der Waals surface area contributed by atoms with Crippen LogP contribution in [-0.4, -0.2) is 63.4 Å². The van der Waals surface area contributed by atoms with Gasteiger partial charge in [0, 0.05) is 47.6 Å². The van der Waals surface area contributed by atoms with E-state index in [0.717, 1.165) is 76.1 Å². The van der Waals surface area contributed by atoms with Crippen molar-refractivity contribution in [3.63, 3.8) is 0 Å². The normalized spacial score (nSPS) is 14.1. The lowest BCUT2D eigenvalue weighted by Crippen LogP contribution is -2.43. The van der Waals surface area contributed by atoms with Crippen LogP contribution in [-0.2, 0) is 22.7 Å². The molecule has 0 unspecified atom stereocenters. The van der Waals surface area contributed by atoms with Gasteiger partial charge in [0.1, 0.15) is 0 Å². The van der Waals surface area contributed by atoms with E-state index in [1.54, 1.807) is 23.5 Å². The minimum atomic E-state index is -0.000648. The van der Waals surface area contributed by atoms with Gasteiger partial charge in [0.15, 0.2) is 12.4 Å². The SMILES string of the molecule is C.C.C.CN(CCCNCC(=O)C[n+]1ccc(C=CC=C2Sc3ccccc3N2C)c2ccccc21)CCCNC(=O)C[n+]1ccc(C=CC=C2Nc3ccccc3S2)c2ccccc21. The molecular formula is C54H65N7O2S2+2. The van der Waals surface area contributed by atoms with Crippen LogP contribution in [0, 0.1) is 0 Å². The van der Waals surface area contributed by atoms with Crippen LogP contribution in [0.5, 0.6) is 0 Å². The molecule has 3 N–H and O–H groups in total. The Bertz CT molecular complexity index is 2680. The van der Waals surface area contributed by atoms with Gasteiger partial charge in [0.2, 0.25) is 29.9 Å². The number of carbonyl (C=O) groups excluding carboxylic acids is 2. The first kappa shape index (κ1) is 50.0. The van der Waals surface area contributed by atoms with E-state index >= 15 is 0 Å². The molecule has 0 radical (unpaired) electrons. The van der Waals surface area contributed by atoms with E-state index in [1.165, 1.54) is 20.5 Å². The quantitative estimate of drug-likeness (QED) is 0.0581. The van der Waals surface area contributed by atoms with Crippen LogP contribution in [0.15, 0.2) is 166 Å². The van der Waals surface area contributed by atoms with E-state index in [9.17, 15) is 9.59 Å². The molecule has 8 rings (SSSR count). The number of benzene rings is 4. The maximum atomic E-state index is 13.0. The second kappa shape index (κ2) is 24.3. The second-order valence-corrected chi connectivity index (χ2v) is 17.7. The van der Waals surface area contributed by atoms with Gasteiger partial charge in [0.05, 0.1) is 38.8 Å². The standard InChI is InChI=1S/C51H51N7O2S2.3CH4/c1-55(32-14-30-53-49(60)37-58-34-28-38(42-18-4-7-21-45(42)58)15-11-25-50-54-43-19-5-9-23-47(43)61-50)31-13-29-52-35-40(59)36-57-33-27-39(41-17-3-6-20-44(41)57)16-12-26-51-56(2)46-22-8-10-24-48(46)62-51;;;/h3-12,15-28,33-34,52H,13-14,29-32,35-37H2,1-2H3;3*1H4/p+2. The summed E-state index contributed by atoms with van der Waals surface area (Å²) in [5.41, 5.74) is 6.65. The number of carbonyl (C=O) groups is 2. The first-order valence-corrected chi connectivity index (χ1v) is 22.8. The Hall–Kier alpha value is -5.98. The average molecular weight is 908 g/mol. The van der Waals surface area contributed by atoms with Crippen LogP contribution in [0.4, 0.5) is 11.4 Å². The number of ketones is 1. The molecule has 1 amide bonds. The summed E-state index contributed by atoms with van der Waals surface area (Å²) in [7, 11) is 4.21. The number of hydrogen-bond acceptors (Lipinski definition) is 8.